The van der Waals surface area contributed by atoms with Crippen molar-refractivity contribution in [3.8, 4) is 0 Å². The molecule has 3 nitrogen and oxygen atoms in total. The summed E-state index contributed by atoms with van der Waals surface area (Å²) in [6.07, 6.45) is 0. The van der Waals surface area contributed by atoms with E-state index in [1.54, 1.807) is 0 Å². The summed E-state index contributed by atoms with van der Waals surface area (Å²) in [7, 11) is 0. The van der Waals surface area contributed by atoms with Gasteiger partial charge in [-0.2, -0.15) is 0 Å². The molecule has 0 bridgehead atoms. The Balaban J connectivity index is 2.20. The van der Waals surface area contributed by atoms with Gasteiger partial charge in [0, 0.05) is 12.2 Å². The quantitative estimate of drug-likeness (QED) is 0.664. The number of nitrogens with one attached hydrogen (secondary N) is 1. The lowest BCUT2D eigenvalue weighted by molar-refractivity contribution is 0.290. The summed E-state index contributed by atoms with van der Waals surface area (Å²) < 4.78 is 4.39. The minimum atomic E-state index is 0.346. The Morgan fingerprint density at radius 3 is 2.75 bits per heavy atom. The highest BCUT2D eigenvalue weighted by Gasteiger charge is 1.88. The van der Waals surface area contributed by atoms with Gasteiger partial charge in [-0.15, -0.1) is 0 Å². The topological polar surface area (TPSA) is 38.3 Å². The SMILES string of the molecule is O=[C]OCCNc1ccccc1. The molecule has 0 fully saturated rings. The van der Waals surface area contributed by atoms with Gasteiger partial charge in [-0.25, -0.2) is 4.79 Å². The third kappa shape index (κ3) is 3.05. The Hall–Kier alpha value is -1.51. The molecule has 1 N–H and O–H groups in total. The van der Waals surface area contributed by atoms with Crippen LogP contribution >= 0.6 is 0 Å². The molecule has 0 heterocycles. The van der Waals surface area contributed by atoms with Crippen LogP contribution in [0.5, 0.6) is 0 Å². The molecule has 63 valence electrons. The van der Waals surface area contributed by atoms with Crippen molar-refractivity contribution >= 4 is 12.2 Å². The number of ether oxygens (including phenoxy) is 1. The highest BCUT2D eigenvalue weighted by atomic mass is 16.5. The molecular formula is C9H10NO2. The van der Waals surface area contributed by atoms with Crippen molar-refractivity contribution in [3.05, 3.63) is 30.3 Å². The average Bonchev–Trinajstić information content (AvgIpc) is 2.14. The molecule has 0 atom stereocenters. The van der Waals surface area contributed by atoms with E-state index < -0.39 is 0 Å². The van der Waals surface area contributed by atoms with Crippen LogP contribution in [0.1, 0.15) is 0 Å². The van der Waals surface area contributed by atoms with E-state index in [4.69, 9.17) is 0 Å². The molecule has 0 aliphatic carbocycles. The Morgan fingerprint density at radius 1 is 1.33 bits per heavy atom. The molecule has 0 saturated carbocycles. The molecule has 0 aromatic heterocycles. The van der Waals surface area contributed by atoms with E-state index in [0.29, 0.717) is 13.2 Å². The monoisotopic (exact) mass is 164 g/mol. The minimum Gasteiger partial charge on any atom is -0.455 e. The van der Waals surface area contributed by atoms with Crippen molar-refractivity contribution < 1.29 is 9.53 Å². The van der Waals surface area contributed by atoms with Crippen LogP contribution in [-0.4, -0.2) is 19.6 Å². The van der Waals surface area contributed by atoms with Gasteiger partial charge in [-0.3, -0.25) is 0 Å². The van der Waals surface area contributed by atoms with Gasteiger partial charge in [-0.1, -0.05) is 18.2 Å². The van der Waals surface area contributed by atoms with Crippen LogP contribution < -0.4 is 5.32 Å². The van der Waals surface area contributed by atoms with Crippen LogP contribution in [0.2, 0.25) is 0 Å². The van der Waals surface area contributed by atoms with Crippen LogP contribution in [-0.2, 0) is 9.53 Å². The van der Waals surface area contributed by atoms with Crippen molar-refractivity contribution in [1.82, 2.24) is 0 Å². The first kappa shape index (κ1) is 8.59. The Labute approximate surface area is 71.4 Å². The zero-order chi connectivity index (χ0) is 8.65. The summed E-state index contributed by atoms with van der Waals surface area (Å²) in [6.45, 7) is 2.32. The summed E-state index contributed by atoms with van der Waals surface area (Å²) >= 11 is 0. The van der Waals surface area contributed by atoms with E-state index in [1.807, 2.05) is 30.3 Å². The van der Waals surface area contributed by atoms with E-state index in [9.17, 15) is 4.79 Å². The first-order valence-electron chi connectivity index (χ1n) is 3.71. The van der Waals surface area contributed by atoms with Crippen LogP contribution in [0.15, 0.2) is 30.3 Å². The van der Waals surface area contributed by atoms with Gasteiger partial charge >= 0.3 is 6.47 Å². The van der Waals surface area contributed by atoms with Crippen molar-refractivity contribution in [2.24, 2.45) is 0 Å². The third-order valence-electron chi connectivity index (χ3n) is 1.37. The summed E-state index contributed by atoms with van der Waals surface area (Å²) in [5.41, 5.74) is 1.02. The molecule has 1 aromatic carbocycles. The fraction of sp³-hybridized carbons (Fsp3) is 0.222. The summed E-state index contributed by atoms with van der Waals surface area (Å²) in [5.74, 6) is 0. The Bertz CT molecular complexity index is 223. The van der Waals surface area contributed by atoms with Gasteiger partial charge in [0.15, 0.2) is 0 Å². The van der Waals surface area contributed by atoms with Gasteiger partial charge in [0.25, 0.3) is 0 Å². The second kappa shape index (κ2) is 5.18. The molecule has 0 aliphatic rings. The van der Waals surface area contributed by atoms with Crippen molar-refractivity contribution in [1.29, 1.82) is 0 Å². The zero-order valence-electron chi connectivity index (χ0n) is 6.62. The summed E-state index contributed by atoms with van der Waals surface area (Å²) in [5, 5.41) is 3.08. The largest absolute Gasteiger partial charge is 0.455 e. The number of anilines is 1. The summed E-state index contributed by atoms with van der Waals surface area (Å²) in [4.78, 5) is 9.64. The number of rotatable bonds is 5. The molecule has 0 amide bonds. The molecule has 3 heteroatoms. The van der Waals surface area contributed by atoms with Gasteiger partial charge in [0.2, 0.25) is 0 Å². The summed E-state index contributed by atoms with van der Waals surface area (Å²) in [6, 6.07) is 9.72. The first-order chi connectivity index (χ1) is 5.93. The number of hydrogen-bond donors (Lipinski definition) is 1. The molecule has 1 aromatic rings. The fourth-order valence-electron chi connectivity index (χ4n) is 0.844. The van der Waals surface area contributed by atoms with Crippen LogP contribution in [0.25, 0.3) is 0 Å². The highest BCUT2D eigenvalue weighted by molar-refractivity contribution is 5.42. The number of para-hydroxylation sites is 1. The maximum absolute atomic E-state index is 9.64. The van der Waals surface area contributed by atoms with Gasteiger partial charge < -0.3 is 10.1 Å². The second-order valence-electron chi connectivity index (χ2n) is 2.22. The molecule has 0 spiro atoms. The maximum atomic E-state index is 9.64. The minimum absolute atomic E-state index is 0.346. The lowest BCUT2D eigenvalue weighted by Crippen LogP contribution is -2.08. The van der Waals surface area contributed by atoms with Crippen LogP contribution in [0, 0.1) is 0 Å². The number of hydrogen-bond acceptors (Lipinski definition) is 3. The fourth-order valence-corrected chi connectivity index (χ4v) is 0.844. The number of carbonyl (C=O) groups excluding carboxylic acids is 1. The Morgan fingerprint density at radius 2 is 2.08 bits per heavy atom. The number of benzene rings is 1. The van der Waals surface area contributed by atoms with E-state index in [0.717, 1.165) is 5.69 Å². The van der Waals surface area contributed by atoms with Gasteiger partial charge in [-0.05, 0) is 12.1 Å². The van der Waals surface area contributed by atoms with E-state index in [1.165, 1.54) is 6.47 Å². The van der Waals surface area contributed by atoms with Gasteiger partial charge in [0.05, 0.1) is 0 Å². The first-order valence-corrected chi connectivity index (χ1v) is 3.71. The van der Waals surface area contributed by atoms with Crippen molar-refractivity contribution in [2.45, 2.75) is 0 Å². The lowest BCUT2D eigenvalue weighted by atomic mass is 10.3. The van der Waals surface area contributed by atoms with Crippen LogP contribution in [0.4, 0.5) is 5.69 Å². The van der Waals surface area contributed by atoms with Gasteiger partial charge in [0.1, 0.15) is 6.61 Å². The predicted octanol–water partition coefficient (Wildman–Crippen LogP) is 1.18. The maximum Gasteiger partial charge on any atom is 0.417 e. The zero-order valence-corrected chi connectivity index (χ0v) is 6.62. The second-order valence-corrected chi connectivity index (χ2v) is 2.22. The highest BCUT2D eigenvalue weighted by Crippen LogP contribution is 2.03. The molecule has 1 rings (SSSR count). The average molecular weight is 164 g/mol. The normalized spacial score (nSPS) is 9.00. The molecule has 1 radical (unpaired) electrons. The lowest BCUT2D eigenvalue weighted by Gasteiger charge is -2.03. The molecule has 0 aliphatic heterocycles. The van der Waals surface area contributed by atoms with Crippen molar-refractivity contribution in [2.75, 3.05) is 18.5 Å². The predicted molar refractivity (Wildman–Crippen MR) is 46.6 cm³/mol. The smallest absolute Gasteiger partial charge is 0.417 e. The van der Waals surface area contributed by atoms with E-state index in [-0.39, 0.29) is 0 Å². The van der Waals surface area contributed by atoms with Crippen LogP contribution in [0.3, 0.4) is 0 Å². The van der Waals surface area contributed by atoms with Crippen molar-refractivity contribution in [3.63, 3.8) is 0 Å². The van der Waals surface area contributed by atoms with E-state index in [2.05, 4.69) is 10.1 Å². The van der Waals surface area contributed by atoms with E-state index >= 15 is 0 Å². The third-order valence-corrected chi connectivity index (χ3v) is 1.37. The molecule has 12 heavy (non-hydrogen) atoms. The standard InChI is InChI=1S/C9H10NO2/c11-8-12-7-6-10-9-4-2-1-3-5-9/h1-5,10H,6-7H2. The molecular weight excluding hydrogens is 154 g/mol. The molecule has 0 unspecified atom stereocenters. The molecule has 0 saturated heterocycles. The Kier molecular flexibility index (Phi) is 3.71.